The second kappa shape index (κ2) is 13.6. The molecule has 14 nitrogen and oxygen atoms in total. The first-order valence-corrected chi connectivity index (χ1v) is 12.5. The quantitative estimate of drug-likeness (QED) is 0.0870. The molecule has 2 aromatic rings. The summed E-state index contributed by atoms with van der Waals surface area (Å²) in [4.78, 5) is 49.0. The molecule has 2 aliphatic rings. The summed E-state index contributed by atoms with van der Waals surface area (Å²) in [6.45, 7) is 5.91. The van der Waals surface area contributed by atoms with E-state index in [1.54, 1.807) is 22.6 Å². The van der Waals surface area contributed by atoms with Crippen LogP contribution in [-0.2, 0) is 9.47 Å². The highest BCUT2D eigenvalue weighted by molar-refractivity contribution is 14.1. The largest absolute Gasteiger partial charge is 0.469 e. The SMILES string of the molecule is C#C.C=C1O[C@@H](n2ccc(=O)[nH]c2=O)[C@](C)(O)[C@@H]1O.C[C@]1(O)[C@H](n2ccc(=O)[nH]c2=O)O[C@](F)(CI)[C@H]1O.[B][B]. The van der Waals surface area contributed by atoms with Crippen LogP contribution < -0.4 is 22.5 Å². The van der Waals surface area contributed by atoms with Gasteiger partial charge in [-0.25, -0.2) is 14.0 Å². The Hall–Kier alpha value is -2.95. The summed E-state index contributed by atoms with van der Waals surface area (Å²) in [6, 6.07) is 2.16. The minimum Gasteiger partial charge on any atom is -0.469 e. The maximum absolute atomic E-state index is 14.3. The van der Waals surface area contributed by atoms with Crippen molar-refractivity contribution in [2.24, 2.45) is 0 Å². The van der Waals surface area contributed by atoms with Gasteiger partial charge in [-0.15, -0.1) is 12.8 Å². The number of halogens is 2. The lowest BCUT2D eigenvalue weighted by atomic mass is 9.81. The van der Waals surface area contributed by atoms with E-state index in [1.807, 2.05) is 9.97 Å². The molecule has 2 aliphatic heterocycles. The predicted octanol–water partition coefficient (Wildman–Crippen LogP) is -2.54. The van der Waals surface area contributed by atoms with E-state index in [0.29, 0.717) is 0 Å². The van der Waals surface area contributed by atoms with Gasteiger partial charge in [-0.3, -0.25) is 28.7 Å². The fraction of sp³-hybridized carbons (Fsp3) is 0.455. The smallest absolute Gasteiger partial charge is 0.331 e. The number of hydrogen-bond acceptors (Lipinski definition) is 10. The molecule has 18 heteroatoms. The zero-order valence-corrected chi connectivity index (χ0v) is 23.4. The van der Waals surface area contributed by atoms with Crippen LogP contribution in [0.25, 0.3) is 0 Å². The fourth-order valence-corrected chi connectivity index (χ4v) is 4.33. The molecule has 0 bridgehead atoms. The monoisotopic (exact) mass is 674 g/mol. The summed E-state index contributed by atoms with van der Waals surface area (Å²) in [5.74, 6) is -2.50. The number of terminal acetylenes is 1. The van der Waals surface area contributed by atoms with E-state index in [4.69, 9.17) is 9.47 Å². The molecule has 4 heterocycles. The van der Waals surface area contributed by atoms with E-state index in [1.165, 1.54) is 13.1 Å². The number of ether oxygens (including phenoxy) is 2. The molecule has 4 radical (unpaired) electrons. The van der Waals surface area contributed by atoms with Crippen molar-refractivity contribution in [1.29, 1.82) is 0 Å². The number of aliphatic hydroxyl groups is 4. The molecule has 0 aliphatic carbocycles. The summed E-state index contributed by atoms with van der Waals surface area (Å²) in [5.41, 5.74) is -6.48. The molecule has 40 heavy (non-hydrogen) atoms. The van der Waals surface area contributed by atoms with Crippen molar-refractivity contribution in [3.63, 3.8) is 0 Å². The zero-order chi connectivity index (χ0) is 31.2. The molecule has 2 fully saturated rings. The molecular formula is C22H26B2FIN4O10. The van der Waals surface area contributed by atoms with Crippen LogP contribution in [0.1, 0.15) is 26.3 Å². The van der Waals surface area contributed by atoms with Crippen LogP contribution in [0.5, 0.6) is 0 Å². The van der Waals surface area contributed by atoms with Gasteiger partial charge in [0.1, 0.15) is 23.6 Å². The highest BCUT2D eigenvalue weighted by Gasteiger charge is 2.62. The summed E-state index contributed by atoms with van der Waals surface area (Å²) in [6.07, 6.45) is 4.57. The van der Waals surface area contributed by atoms with Crippen LogP contribution in [-0.4, -0.2) is 88.7 Å². The maximum atomic E-state index is 14.3. The van der Waals surface area contributed by atoms with E-state index in [2.05, 4.69) is 34.9 Å². The standard InChI is InChI=1S/C10H12FIN2O5.C10H12N2O5.C2H2.B2/c1-9(18)6(16)10(11,4-12)19-7(9)14-3-2-5(15)13-8(14)17;1-5-7(14)10(2,16)8(17-5)12-4-3-6(13)11-9(12)15;2*1-2/h2-3,6-7,16,18H,4H2,1H3,(H,13,15,17);3-4,7-8,14,16H,1H2,2H3,(H,11,13,15);1-2H;/t6-,7+,9+,10+;7-,8-,10-;;/m01../s1. The van der Waals surface area contributed by atoms with Gasteiger partial charge in [-0.1, -0.05) is 29.2 Å². The average Bonchev–Trinajstić information content (AvgIpc) is 3.23. The van der Waals surface area contributed by atoms with Gasteiger partial charge >= 0.3 is 11.4 Å². The molecule has 0 amide bonds. The van der Waals surface area contributed by atoms with Gasteiger partial charge in [0.25, 0.3) is 11.1 Å². The van der Waals surface area contributed by atoms with Gasteiger partial charge in [0, 0.05) is 40.0 Å². The molecule has 4 rings (SSSR count). The van der Waals surface area contributed by atoms with Gasteiger partial charge in [0.15, 0.2) is 11.8 Å². The molecule has 0 saturated carbocycles. The maximum Gasteiger partial charge on any atom is 0.331 e. The lowest BCUT2D eigenvalue weighted by molar-refractivity contribution is -0.169. The lowest BCUT2D eigenvalue weighted by Gasteiger charge is -2.27. The minimum atomic E-state index is -2.47. The first-order valence-electron chi connectivity index (χ1n) is 10.9. The Bertz CT molecular complexity index is 1440. The Morgan fingerprint density at radius 1 is 1.00 bits per heavy atom. The van der Waals surface area contributed by atoms with Crippen molar-refractivity contribution >= 4 is 38.1 Å². The highest BCUT2D eigenvalue weighted by Crippen LogP contribution is 2.45. The van der Waals surface area contributed by atoms with Crippen molar-refractivity contribution in [2.75, 3.05) is 4.43 Å². The van der Waals surface area contributed by atoms with E-state index >= 15 is 0 Å². The Morgan fingerprint density at radius 3 is 1.75 bits per heavy atom. The van der Waals surface area contributed by atoms with Gasteiger partial charge in [0.2, 0.25) is 12.1 Å². The predicted molar refractivity (Wildman–Crippen MR) is 149 cm³/mol. The molecule has 0 spiro atoms. The number of rotatable bonds is 3. The van der Waals surface area contributed by atoms with Crippen LogP contribution in [0.15, 0.2) is 56.0 Å². The third-order valence-corrected chi connectivity index (χ3v) is 6.82. The first kappa shape index (κ1) is 35.1. The number of aliphatic hydroxyl groups excluding tert-OH is 2. The topological polar surface area (TPSA) is 209 Å². The van der Waals surface area contributed by atoms with Gasteiger partial charge in [0.05, 0.1) is 4.43 Å². The normalized spacial score (nSPS) is 32.3. The molecule has 2 saturated heterocycles. The van der Waals surface area contributed by atoms with Crippen LogP contribution in [0.2, 0.25) is 0 Å². The van der Waals surface area contributed by atoms with E-state index in [9.17, 15) is 44.0 Å². The zero-order valence-electron chi connectivity index (χ0n) is 21.2. The van der Waals surface area contributed by atoms with Gasteiger partial charge in [-0.05, 0) is 13.8 Å². The van der Waals surface area contributed by atoms with E-state index in [0.717, 1.165) is 34.4 Å². The molecular weight excluding hydrogens is 648 g/mol. The second-order valence-corrected chi connectivity index (χ2v) is 9.38. The van der Waals surface area contributed by atoms with Crippen LogP contribution >= 0.6 is 22.6 Å². The lowest BCUT2D eigenvalue weighted by Crippen LogP contribution is -2.49. The molecule has 0 unspecified atom stereocenters. The number of H-pyrrole nitrogens is 2. The van der Waals surface area contributed by atoms with Crippen LogP contribution in [0.4, 0.5) is 4.39 Å². The summed E-state index contributed by atoms with van der Waals surface area (Å²) < 4.78 is 26.0. The second-order valence-electron chi connectivity index (χ2n) is 8.62. The van der Waals surface area contributed by atoms with Crippen molar-refractivity contribution in [3.05, 3.63) is 78.5 Å². The molecule has 7 atom stereocenters. The highest BCUT2D eigenvalue weighted by atomic mass is 127. The Balaban J connectivity index is 0.000000358. The minimum absolute atomic E-state index is 0.0295. The Labute approximate surface area is 242 Å². The Morgan fingerprint density at radius 2 is 1.43 bits per heavy atom. The number of aromatic nitrogens is 4. The van der Waals surface area contributed by atoms with Crippen LogP contribution in [0, 0.1) is 12.8 Å². The van der Waals surface area contributed by atoms with Crippen LogP contribution in [0.3, 0.4) is 0 Å². The molecule has 214 valence electrons. The van der Waals surface area contributed by atoms with Crippen molar-refractivity contribution < 1.29 is 34.3 Å². The van der Waals surface area contributed by atoms with Crippen molar-refractivity contribution in [3.8, 4) is 12.8 Å². The number of alkyl halides is 2. The van der Waals surface area contributed by atoms with E-state index in [-0.39, 0.29) is 10.2 Å². The van der Waals surface area contributed by atoms with E-state index < -0.39 is 64.2 Å². The van der Waals surface area contributed by atoms with Gasteiger partial charge < -0.3 is 29.9 Å². The number of hydrogen-bond donors (Lipinski definition) is 6. The van der Waals surface area contributed by atoms with Crippen molar-refractivity contribution in [1.82, 2.24) is 19.1 Å². The third-order valence-electron chi connectivity index (χ3n) is 5.78. The number of nitrogens with zero attached hydrogens (tertiary/aromatic N) is 2. The summed E-state index contributed by atoms with van der Waals surface area (Å²) >= 11 is 1.67. The first-order chi connectivity index (χ1) is 18.6. The summed E-state index contributed by atoms with van der Waals surface area (Å²) in [7, 11) is 8.00. The number of aromatic amines is 2. The third kappa shape index (κ3) is 6.85. The van der Waals surface area contributed by atoms with Gasteiger partial charge in [-0.2, -0.15) is 0 Å². The fourth-order valence-electron chi connectivity index (χ4n) is 3.73. The average molecular weight is 674 g/mol. The van der Waals surface area contributed by atoms with Crippen molar-refractivity contribution in [2.45, 2.75) is 55.6 Å². The molecule has 2 aromatic heterocycles. The Kier molecular flexibility index (Phi) is 11.9. The molecule has 6 N–H and O–H groups in total. The number of nitrogens with one attached hydrogen (secondary N) is 2. The molecule has 0 aromatic carbocycles. The summed E-state index contributed by atoms with van der Waals surface area (Å²) in [5, 5.41) is 39.7.